The van der Waals surface area contributed by atoms with Gasteiger partial charge in [-0.05, 0) is 52.8 Å². The molecule has 3 heterocycles. The normalized spacial score (nSPS) is 17.9. The van der Waals surface area contributed by atoms with Crippen LogP contribution in [0.4, 0.5) is 16.2 Å². The Labute approximate surface area is 195 Å². The van der Waals surface area contributed by atoms with Crippen LogP contribution in [0.5, 0.6) is 17.4 Å². The minimum absolute atomic E-state index is 0.0860. The Bertz CT molecular complexity index is 1030. The maximum Gasteiger partial charge on any atom is 0.410 e. The number of aromatic nitrogens is 1. The number of benzene rings is 1. The van der Waals surface area contributed by atoms with Crippen LogP contribution in [0.3, 0.4) is 0 Å². The third-order valence-corrected chi connectivity index (χ3v) is 5.80. The van der Waals surface area contributed by atoms with E-state index in [-0.39, 0.29) is 12.2 Å². The molecule has 1 amide bonds. The first-order valence-corrected chi connectivity index (χ1v) is 11.4. The summed E-state index contributed by atoms with van der Waals surface area (Å²) in [5, 5.41) is 0. The molecule has 0 unspecified atom stereocenters. The van der Waals surface area contributed by atoms with Gasteiger partial charge in [-0.3, -0.25) is 0 Å². The van der Waals surface area contributed by atoms with Crippen molar-refractivity contribution in [2.45, 2.75) is 52.7 Å². The largest absolute Gasteiger partial charge is 0.490 e. The first-order valence-electron chi connectivity index (χ1n) is 11.4. The molecule has 0 N–H and O–H groups in total. The van der Waals surface area contributed by atoms with Crippen molar-refractivity contribution in [2.24, 2.45) is 0 Å². The predicted molar refractivity (Wildman–Crippen MR) is 126 cm³/mol. The molecule has 1 aromatic heterocycles. The lowest BCUT2D eigenvalue weighted by Crippen LogP contribution is -2.36. The van der Waals surface area contributed by atoms with E-state index in [4.69, 9.17) is 18.9 Å². The molecule has 2 aliphatic rings. The Morgan fingerprint density at radius 2 is 2.00 bits per heavy atom. The Hall–Kier alpha value is -3.16. The molecule has 4 rings (SSSR count). The maximum atomic E-state index is 12.4. The summed E-state index contributed by atoms with van der Waals surface area (Å²) in [5.41, 5.74) is 3.42. The van der Waals surface area contributed by atoms with Gasteiger partial charge in [0.2, 0.25) is 5.88 Å². The monoisotopic (exact) mass is 455 g/mol. The number of hydrogen-bond donors (Lipinski definition) is 0. The number of nitrogens with zero attached hydrogens (tertiary/aromatic N) is 3. The molecule has 1 saturated heterocycles. The number of methoxy groups -OCH3 is 1. The van der Waals surface area contributed by atoms with E-state index in [1.54, 1.807) is 12.0 Å². The molecule has 0 bridgehead atoms. The van der Waals surface area contributed by atoms with Crippen LogP contribution < -0.4 is 19.1 Å². The molecule has 1 fully saturated rings. The average molecular weight is 456 g/mol. The van der Waals surface area contributed by atoms with E-state index in [0.29, 0.717) is 32.1 Å². The van der Waals surface area contributed by atoms with Crippen molar-refractivity contribution in [1.29, 1.82) is 0 Å². The summed E-state index contributed by atoms with van der Waals surface area (Å²) >= 11 is 0. The fourth-order valence-corrected chi connectivity index (χ4v) is 4.26. The number of rotatable bonds is 4. The Balaban J connectivity index is 1.54. The number of carbonyl (C=O) groups is 1. The second kappa shape index (κ2) is 9.00. The van der Waals surface area contributed by atoms with E-state index < -0.39 is 5.60 Å². The van der Waals surface area contributed by atoms with Gasteiger partial charge < -0.3 is 28.7 Å². The topological polar surface area (TPSA) is 73.4 Å². The molecule has 1 aromatic carbocycles. The van der Waals surface area contributed by atoms with Gasteiger partial charge in [-0.15, -0.1) is 0 Å². The number of amides is 1. The number of hydrogen-bond acceptors (Lipinski definition) is 7. The average Bonchev–Trinajstić information content (AvgIpc) is 3.23. The number of anilines is 2. The van der Waals surface area contributed by atoms with E-state index >= 15 is 0 Å². The highest BCUT2D eigenvalue weighted by atomic mass is 16.6. The fourth-order valence-electron chi connectivity index (χ4n) is 4.26. The number of aryl methyl sites for hydroxylation is 1. The van der Waals surface area contributed by atoms with Crippen molar-refractivity contribution in [3.05, 3.63) is 35.5 Å². The van der Waals surface area contributed by atoms with Crippen LogP contribution in [-0.2, 0) is 4.74 Å². The zero-order valence-electron chi connectivity index (χ0n) is 20.3. The summed E-state index contributed by atoms with van der Waals surface area (Å²) in [6.45, 7) is 12.1. The summed E-state index contributed by atoms with van der Waals surface area (Å²) in [6, 6.07) is 5.98. The molecule has 2 aliphatic heterocycles. The fraction of sp³-hybridized carbons (Fsp3) is 0.520. The van der Waals surface area contributed by atoms with Crippen LogP contribution in [0.15, 0.2) is 24.4 Å². The van der Waals surface area contributed by atoms with Crippen molar-refractivity contribution >= 4 is 17.5 Å². The highest BCUT2D eigenvalue weighted by Gasteiger charge is 2.32. The van der Waals surface area contributed by atoms with Crippen LogP contribution in [0, 0.1) is 13.8 Å². The van der Waals surface area contributed by atoms with Crippen LogP contribution in [-0.4, -0.2) is 61.0 Å². The van der Waals surface area contributed by atoms with Gasteiger partial charge in [0.15, 0.2) is 0 Å². The van der Waals surface area contributed by atoms with Gasteiger partial charge in [-0.2, -0.15) is 0 Å². The van der Waals surface area contributed by atoms with E-state index in [1.807, 2.05) is 52.9 Å². The van der Waals surface area contributed by atoms with Crippen molar-refractivity contribution in [3.63, 3.8) is 0 Å². The summed E-state index contributed by atoms with van der Waals surface area (Å²) < 4.78 is 23.1. The molecular formula is C25H33N3O5. The van der Waals surface area contributed by atoms with Crippen LogP contribution in [0.1, 0.15) is 38.3 Å². The zero-order chi connectivity index (χ0) is 23.8. The molecule has 0 radical (unpaired) electrons. The van der Waals surface area contributed by atoms with Gasteiger partial charge in [-0.25, -0.2) is 9.78 Å². The third-order valence-electron chi connectivity index (χ3n) is 5.80. The molecule has 1 atom stereocenters. The van der Waals surface area contributed by atoms with E-state index in [9.17, 15) is 4.79 Å². The van der Waals surface area contributed by atoms with Crippen LogP contribution in [0.2, 0.25) is 0 Å². The maximum absolute atomic E-state index is 12.4. The lowest BCUT2D eigenvalue weighted by Gasteiger charge is -2.33. The van der Waals surface area contributed by atoms with Crippen molar-refractivity contribution in [1.82, 2.24) is 9.88 Å². The summed E-state index contributed by atoms with van der Waals surface area (Å²) in [5.74, 6) is 2.23. The summed E-state index contributed by atoms with van der Waals surface area (Å²) in [6.07, 6.45) is 2.20. The number of likely N-dealkylation sites (tertiary alicyclic amines) is 1. The highest BCUT2D eigenvalue weighted by molar-refractivity contribution is 5.76. The van der Waals surface area contributed by atoms with Crippen LogP contribution in [0.25, 0.3) is 0 Å². The molecule has 33 heavy (non-hydrogen) atoms. The zero-order valence-corrected chi connectivity index (χ0v) is 20.3. The third kappa shape index (κ3) is 4.94. The van der Waals surface area contributed by atoms with E-state index in [1.165, 1.54) is 0 Å². The second-order valence-electron chi connectivity index (χ2n) is 9.51. The molecule has 2 aromatic rings. The number of ether oxygens (including phenoxy) is 4. The molecule has 0 saturated carbocycles. The lowest BCUT2D eigenvalue weighted by atomic mass is 10.1. The van der Waals surface area contributed by atoms with E-state index in [2.05, 4.69) is 16.0 Å². The van der Waals surface area contributed by atoms with Crippen molar-refractivity contribution in [3.8, 4) is 17.4 Å². The molecule has 8 heteroatoms. The predicted octanol–water partition coefficient (Wildman–Crippen LogP) is 4.63. The summed E-state index contributed by atoms with van der Waals surface area (Å²) in [7, 11) is 1.62. The van der Waals surface area contributed by atoms with Crippen molar-refractivity contribution < 1.29 is 23.7 Å². The Kier molecular flexibility index (Phi) is 6.28. The van der Waals surface area contributed by atoms with Crippen LogP contribution >= 0.6 is 0 Å². The Morgan fingerprint density at radius 1 is 1.21 bits per heavy atom. The minimum atomic E-state index is -0.511. The molecule has 8 nitrogen and oxygen atoms in total. The highest BCUT2D eigenvalue weighted by Crippen LogP contribution is 2.43. The molecule has 178 valence electrons. The van der Waals surface area contributed by atoms with Crippen molar-refractivity contribution in [2.75, 3.05) is 38.3 Å². The summed E-state index contributed by atoms with van der Waals surface area (Å²) in [4.78, 5) is 20.8. The smallest absolute Gasteiger partial charge is 0.410 e. The minimum Gasteiger partial charge on any atom is -0.490 e. The quantitative estimate of drug-likeness (QED) is 0.666. The van der Waals surface area contributed by atoms with Gasteiger partial charge in [0.05, 0.1) is 37.8 Å². The van der Waals surface area contributed by atoms with Gasteiger partial charge in [0.1, 0.15) is 29.8 Å². The molecule has 0 aliphatic carbocycles. The first-order chi connectivity index (χ1) is 15.7. The number of fused-ring (bicyclic) bond motifs is 1. The van der Waals surface area contributed by atoms with Gasteiger partial charge in [0, 0.05) is 24.1 Å². The number of carbonyl (C=O) groups excluding carboxylic acids is 1. The molecular weight excluding hydrogens is 422 g/mol. The van der Waals surface area contributed by atoms with Gasteiger partial charge in [0.25, 0.3) is 0 Å². The number of pyridine rings is 1. The Morgan fingerprint density at radius 3 is 2.70 bits per heavy atom. The van der Waals surface area contributed by atoms with Gasteiger partial charge >= 0.3 is 6.09 Å². The first kappa shape index (κ1) is 23.0. The lowest BCUT2D eigenvalue weighted by molar-refractivity contribution is 0.0275. The van der Waals surface area contributed by atoms with E-state index in [0.717, 1.165) is 40.4 Å². The SMILES string of the molecule is COc1ncc(N2CCOc3ccc(O[C@H]4CCN(C(=O)OC(C)(C)C)C4)c(C)c32)cc1C. The standard InChI is InChI=1S/C25H33N3O5/c1-16-13-18(14-26-23(16)30-6)28-11-12-31-21-8-7-20(17(2)22(21)28)32-19-9-10-27(15-19)24(29)33-25(3,4)5/h7-8,13-14,19H,9-12,15H2,1-6H3/t19-/m0/s1. The second-order valence-corrected chi connectivity index (χ2v) is 9.51. The molecule has 0 spiro atoms. The van der Waals surface area contributed by atoms with Gasteiger partial charge in [-0.1, -0.05) is 0 Å².